The highest BCUT2D eigenvalue weighted by Crippen LogP contribution is 2.43. The van der Waals surface area contributed by atoms with Crippen molar-refractivity contribution in [2.45, 2.75) is 6.92 Å². The molecule has 107 heavy (non-hydrogen) atoms. The van der Waals surface area contributed by atoms with Gasteiger partial charge < -0.3 is 4.57 Å². The number of fused-ring (bicyclic) bond motifs is 6. The van der Waals surface area contributed by atoms with Gasteiger partial charge in [-0.3, -0.25) is 4.57 Å². The number of aromatic nitrogens is 15. The van der Waals surface area contributed by atoms with Crippen LogP contribution in [-0.4, -0.2) is 73.9 Å². The fourth-order valence-electron chi connectivity index (χ4n) is 13.9. The van der Waals surface area contributed by atoms with Crippen LogP contribution >= 0.6 is 0 Å². The molecule has 0 spiro atoms. The van der Waals surface area contributed by atoms with Gasteiger partial charge in [-0.15, -0.1) is 0 Å². The SMILES string of the molecule is Cc1nc(-c2ccccc2)nc(-c2ccc3c4ccc(-c5nc(-c6ccccc6)nc(-c6ccccc6)n5)cc4n(-c4cnc(-n5c6cc(-c7nc(-c8ccccc8)nc(-c8ccccc8)n7)ccc6c6ccc(-c7nc(-c8ccccc8)nc(-c8ccccc8)n7)cc65)cc4-c4ccc(C#N)cc4)c3c2)n1. The molecule has 500 valence electrons. The van der Waals surface area contributed by atoms with Crippen LogP contribution in [0.2, 0.25) is 0 Å². The Bertz CT molecular complexity index is 6320. The van der Waals surface area contributed by atoms with Crippen LogP contribution in [0.1, 0.15) is 11.4 Å². The van der Waals surface area contributed by atoms with Crippen molar-refractivity contribution in [1.29, 1.82) is 5.26 Å². The minimum Gasteiger partial charge on any atom is -0.307 e. The van der Waals surface area contributed by atoms with E-state index in [0.717, 1.165) is 122 Å². The fraction of sp³-hybridized carbons (Fsp3) is 0.0110. The van der Waals surface area contributed by atoms with E-state index in [-0.39, 0.29) is 0 Å². The van der Waals surface area contributed by atoms with E-state index in [1.165, 1.54) is 0 Å². The zero-order chi connectivity index (χ0) is 71.3. The molecule has 0 fully saturated rings. The lowest BCUT2D eigenvalue weighted by atomic mass is 10.0. The van der Waals surface area contributed by atoms with Crippen molar-refractivity contribution in [1.82, 2.24) is 73.9 Å². The van der Waals surface area contributed by atoms with Crippen molar-refractivity contribution in [3.8, 4) is 154 Å². The van der Waals surface area contributed by atoms with Gasteiger partial charge in [-0.1, -0.05) is 273 Å². The predicted octanol–water partition coefficient (Wildman–Crippen LogP) is 20.2. The van der Waals surface area contributed by atoms with Crippen LogP contribution in [0, 0.1) is 18.3 Å². The third-order valence-corrected chi connectivity index (χ3v) is 19.1. The van der Waals surface area contributed by atoms with Gasteiger partial charge in [0.05, 0.1) is 45.6 Å². The summed E-state index contributed by atoms with van der Waals surface area (Å²) in [7, 11) is 0. The van der Waals surface area contributed by atoms with Crippen LogP contribution in [0.3, 0.4) is 0 Å². The van der Waals surface area contributed by atoms with Gasteiger partial charge in [0.1, 0.15) is 11.6 Å². The van der Waals surface area contributed by atoms with Gasteiger partial charge >= 0.3 is 0 Å². The van der Waals surface area contributed by atoms with E-state index in [0.29, 0.717) is 81.3 Å². The van der Waals surface area contributed by atoms with Crippen LogP contribution < -0.4 is 0 Å². The highest BCUT2D eigenvalue weighted by molar-refractivity contribution is 6.13. The molecule has 0 atom stereocenters. The van der Waals surface area contributed by atoms with E-state index in [4.69, 9.17) is 64.8 Å². The lowest BCUT2D eigenvalue weighted by Gasteiger charge is -2.17. The Hall–Kier alpha value is -15.1. The summed E-state index contributed by atoms with van der Waals surface area (Å²) in [5, 5.41) is 14.2. The fourth-order valence-corrected chi connectivity index (χ4v) is 13.9. The number of pyridine rings is 1. The lowest BCUT2D eigenvalue weighted by molar-refractivity contribution is 0.992. The molecule has 0 amide bonds. The average molecular weight is 1370 g/mol. The highest BCUT2D eigenvalue weighted by Gasteiger charge is 2.25. The molecule has 12 aromatic carbocycles. The van der Waals surface area contributed by atoms with Crippen molar-refractivity contribution in [2.75, 3.05) is 0 Å². The number of aryl methyl sites for hydroxylation is 1. The van der Waals surface area contributed by atoms with E-state index in [1.54, 1.807) is 0 Å². The molecule has 0 saturated heterocycles. The predicted molar refractivity (Wildman–Crippen MR) is 421 cm³/mol. The molecular formula is C91H56N16. The minimum atomic E-state index is 0.490. The summed E-state index contributed by atoms with van der Waals surface area (Å²) < 4.78 is 4.47. The first-order chi connectivity index (χ1) is 52.8. The number of nitrogens with zero attached hydrogens (tertiary/aromatic N) is 16. The quantitative estimate of drug-likeness (QED) is 0.0995. The van der Waals surface area contributed by atoms with Gasteiger partial charge in [-0.25, -0.2) is 64.8 Å². The Morgan fingerprint density at radius 3 is 0.766 bits per heavy atom. The van der Waals surface area contributed by atoms with Crippen molar-refractivity contribution >= 4 is 43.6 Å². The van der Waals surface area contributed by atoms with Crippen molar-refractivity contribution < 1.29 is 0 Å². The summed E-state index contributed by atoms with van der Waals surface area (Å²) in [6.07, 6.45) is 1.95. The first-order valence-corrected chi connectivity index (χ1v) is 34.9. The van der Waals surface area contributed by atoms with Crippen LogP contribution in [0.5, 0.6) is 0 Å². The third-order valence-electron chi connectivity index (χ3n) is 19.1. The topological polar surface area (TPSA) is 201 Å². The van der Waals surface area contributed by atoms with Crippen LogP contribution in [-0.2, 0) is 0 Å². The van der Waals surface area contributed by atoms with Crippen molar-refractivity contribution in [2.24, 2.45) is 0 Å². The molecule has 0 saturated carbocycles. The molecule has 0 unspecified atom stereocenters. The first kappa shape index (κ1) is 62.9. The van der Waals surface area contributed by atoms with Crippen molar-refractivity contribution in [3.05, 3.63) is 333 Å². The monoisotopic (exact) mass is 1370 g/mol. The molecule has 19 rings (SSSR count). The second-order valence-electron chi connectivity index (χ2n) is 25.9. The molecule has 19 aromatic rings. The molecule has 7 heterocycles. The Morgan fingerprint density at radius 2 is 0.486 bits per heavy atom. The summed E-state index contributed by atoms with van der Waals surface area (Å²) in [4.78, 5) is 67.2. The second-order valence-corrected chi connectivity index (χ2v) is 25.9. The van der Waals surface area contributed by atoms with Crippen LogP contribution in [0.4, 0.5) is 0 Å². The molecule has 0 radical (unpaired) electrons. The maximum absolute atomic E-state index is 10.4. The standard InChI is InChI=1S/C91H56N16/c1-56-94-81(59-23-9-2-10-24-59)96-88(95-56)66-41-45-70-71-46-42-67(89-100-82(60-25-11-3-12-26-60)97-83(101-89)61-27-13-4-14-28-61)50-76(71)106(75(70)49-66)79-55-93-80(53-74(79)58-39-37-57(54-92)38-40-58)107-77-51-68(90-102-84(62-29-15-5-16-30-62)98-85(103-90)63-31-17-6-18-32-63)43-47-72(77)73-48-44-69(52-78(73)107)91-104-86(64-33-19-7-20-34-64)99-87(105-91)65-35-21-8-22-36-65/h2-53,55H,1H3. The molecule has 7 aromatic heterocycles. The summed E-state index contributed by atoms with van der Waals surface area (Å²) in [6, 6.07) is 108. The Kier molecular flexibility index (Phi) is 15.7. The maximum atomic E-state index is 10.4. The maximum Gasteiger partial charge on any atom is 0.164 e. The van der Waals surface area contributed by atoms with E-state index in [9.17, 15) is 5.26 Å². The molecule has 16 heteroatoms. The first-order valence-electron chi connectivity index (χ1n) is 34.9. The molecule has 16 nitrogen and oxygen atoms in total. The van der Waals surface area contributed by atoms with Crippen LogP contribution in [0.25, 0.3) is 192 Å². The molecule has 0 N–H and O–H groups in total. The number of rotatable bonds is 14. The Labute approximate surface area is 613 Å². The molecular weight excluding hydrogens is 1320 g/mol. The number of nitriles is 1. The van der Waals surface area contributed by atoms with Crippen LogP contribution in [0.15, 0.2) is 322 Å². The number of hydrogen-bond donors (Lipinski definition) is 0. The largest absolute Gasteiger partial charge is 0.307 e. The lowest BCUT2D eigenvalue weighted by Crippen LogP contribution is -2.04. The Balaban J connectivity index is 0.875. The van der Waals surface area contributed by atoms with Gasteiger partial charge in [0.25, 0.3) is 0 Å². The number of benzene rings is 12. The molecule has 0 aliphatic carbocycles. The molecule has 0 bridgehead atoms. The zero-order valence-electron chi connectivity index (χ0n) is 57.3. The zero-order valence-corrected chi connectivity index (χ0v) is 57.3. The van der Waals surface area contributed by atoms with E-state index < -0.39 is 0 Å². The normalized spacial score (nSPS) is 11.4. The third kappa shape index (κ3) is 11.9. The summed E-state index contributed by atoms with van der Waals surface area (Å²) in [6.45, 7) is 1.89. The summed E-state index contributed by atoms with van der Waals surface area (Å²) >= 11 is 0. The van der Waals surface area contributed by atoms with E-state index >= 15 is 0 Å². The second kappa shape index (κ2) is 26.7. The smallest absolute Gasteiger partial charge is 0.164 e. The Morgan fingerprint density at radius 1 is 0.243 bits per heavy atom. The molecule has 0 aliphatic heterocycles. The summed E-state index contributed by atoms with van der Waals surface area (Å²) in [5.74, 6) is 6.96. The minimum absolute atomic E-state index is 0.490. The van der Waals surface area contributed by atoms with Gasteiger partial charge in [0, 0.05) is 88.3 Å². The van der Waals surface area contributed by atoms with E-state index in [2.05, 4.69) is 94.1 Å². The summed E-state index contributed by atoms with van der Waals surface area (Å²) in [5.41, 5.74) is 15.3. The van der Waals surface area contributed by atoms with Gasteiger partial charge in [0.2, 0.25) is 0 Å². The number of hydrogen-bond acceptors (Lipinski definition) is 14. The van der Waals surface area contributed by atoms with Gasteiger partial charge in [-0.05, 0) is 55.0 Å². The molecule has 0 aliphatic rings. The van der Waals surface area contributed by atoms with Gasteiger partial charge in [-0.2, -0.15) is 5.26 Å². The highest BCUT2D eigenvalue weighted by atomic mass is 15.1. The van der Waals surface area contributed by atoms with Gasteiger partial charge in [0.15, 0.2) is 64.1 Å². The van der Waals surface area contributed by atoms with E-state index in [1.807, 2.05) is 250 Å². The van der Waals surface area contributed by atoms with Crippen molar-refractivity contribution in [3.63, 3.8) is 0 Å². The average Bonchev–Trinajstić information content (AvgIpc) is 1.58.